The molecule has 2 rings (SSSR count). The molecule has 0 atom stereocenters. The number of H-pyrrole nitrogens is 1. The first-order valence-corrected chi connectivity index (χ1v) is 4.81. The van der Waals surface area contributed by atoms with Crippen molar-refractivity contribution in [1.29, 1.82) is 0 Å². The first-order chi connectivity index (χ1) is 6.75. The van der Waals surface area contributed by atoms with Gasteiger partial charge in [0.2, 0.25) is 0 Å². The van der Waals surface area contributed by atoms with Gasteiger partial charge in [0.25, 0.3) is 0 Å². The maximum atomic E-state index is 4.23. The van der Waals surface area contributed by atoms with Crippen molar-refractivity contribution < 1.29 is 0 Å². The summed E-state index contributed by atoms with van der Waals surface area (Å²) in [4.78, 5) is 0. The van der Waals surface area contributed by atoms with E-state index in [1.54, 1.807) is 0 Å². The fourth-order valence-electron chi connectivity index (χ4n) is 1.57. The van der Waals surface area contributed by atoms with Crippen LogP contribution in [0.15, 0.2) is 30.3 Å². The van der Waals surface area contributed by atoms with Crippen LogP contribution in [-0.4, -0.2) is 10.2 Å². The van der Waals surface area contributed by atoms with Gasteiger partial charge in [-0.1, -0.05) is 24.3 Å². The lowest BCUT2D eigenvalue weighted by Gasteiger charge is -2.01. The highest BCUT2D eigenvalue weighted by atomic mass is 15.1. The molecule has 0 fully saturated rings. The van der Waals surface area contributed by atoms with E-state index in [9.17, 15) is 0 Å². The average molecular weight is 186 g/mol. The Kier molecular flexibility index (Phi) is 2.35. The SMILES string of the molecule is Cc1cc(Cc2ccccc2C)n[nH]1. The molecule has 0 aliphatic rings. The van der Waals surface area contributed by atoms with Gasteiger partial charge in [0.1, 0.15) is 0 Å². The van der Waals surface area contributed by atoms with Gasteiger partial charge in [-0.05, 0) is 31.0 Å². The van der Waals surface area contributed by atoms with Crippen LogP contribution >= 0.6 is 0 Å². The topological polar surface area (TPSA) is 28.7 Å². The second kappa shape index (κ2) is 3.66. The lowest BCUT2D eigenvalue weighted by Crippen LogP contribution is -1.91. The molecule has 0 aliphatic heterocycles. The zero-order valence-corrected chi connectivity index (χ0v) is 8.54. The third kappa shape index (κ3) is 1.84. The Morgan fingerprint density at radius 3 is 2.64 bits per heavy atom. The van der Waals surface area contributed by atoms with Crippen LogP contribution in [0, 0.1) is 13.8 Å². The van der Waals surface area contributed by atoms with E-state index in [1.165, 1.54) is 11.1 Å². The summed E-state index contributed by atoms with van der Waals surface area (Å²) in [5.74, 6) is 0. The smallest absolute Gasteiger partial charge is 0.0668 e. The molecule has 0 saturated heterocycles. The Balaban J connectivity index is 2.23. The number of rotatable bonds is 2. The lowest BCUT2D eigenvalue weighted by molar-refractivity contribution is 0.975. The summed E-state index contributed by atoms with van der Waals surface area (Å²) in [6.45, 7) is 4.16. The molecular weight excluding hydrogens is 172 g/mol. The van der Waals surface area contributed by atoms with Gasteiger partial charge in [-0.2, -0.15) is 5.10 Å². The molecule has 2 heteroatoms. The highest BCUT2D eigenvalue weighted by Crippen LogP contribution is 2.12. The molecule has 1 aromatic carbocycles. The molecule has 0 bridgehead atoms. The van der Waals surface area contributed by atoms with Gasteiger partial charge in [0, 0.05) is 12.1 Å². The van der Waals surface area contributed by atoms with Gasteiger partial charge in [-0.15, -0.1) is 0 Å². The normalized spacial score (nSPS) is 10.4. The number of hydrogen-bond donors (Lipinski definition) is 1. The van der Waals surface area contributed by atoms with Gasteiger partial charge < -0.3 is 0 Å². The molecule has 0 radical (unpaired) electrons. The Labute approximate surface area is 84.0 Å². The summed E-state index contributed by atoms with van der Waals surface area (Å²) in [6.07, 6.45) is 0.914. The second-order valence-corrected chi connectivity index (χ2v) is 3.65. The van der Waals surface area contributed by atoms with E-state index in [-0.39, 0.29) is 0 Å². The predicted molar refractivity (Wildman–Crippen MR) is 57.3 cm³/mol. The van der Waals surface area contributed by atoms with Crippen LogP contribution in [-0.2, 0) is 6.42 Å². The number of benzene rings is 1. The fraction of sp³-hybridized carbons (Fsp3) is 0.250. The maximum absolute atomic E-state index is 4.23. The van der Waals surface area contributed by atoms with Crippen LogP contribution in [0.3, 0.4) is 0 Å². The van der Waals surface area contributed by atoms with E-state index in [1.807, 2.05) is 6.92 Å². The van der Waals surface area contributed by atoms with E-state index in [2.05, 4.69) is 47.5 Å². The van der Waals surface area contributed by atoms with Crippen molar-refractivity contribution >= 4 is 0 Å². The maximum Gasteiger partial charge on any atom is 0.0668 e. The summed E-state index contributed by atoms with van der Waals surface area (Å²) in [6, 6.07) is 10.5. The first kappa shape index (κ1) is 9.00. The minimum atomic E-state index is 0.914. The number of aromatic nitrogens is 2. The van der Waals surface area contributed by atoms with Crippen LogP contribution in [0.4, 0.5) is 0 Å². The van der Waals surface area contributed by atoms with E-state index in [4.69, 9.17) is 0 Å². The van der Waals surface area contributed by atoms with E-state index in [0.29, 0.717) is 0 Å². The highest BCUT2D eigenvalue weighted by molar-refractivity contribution is 5.29. The van der Waals surface area contributed by atoms with Gasteiger partial charge in [-0.3, -0.25) is 5.10 Å². The highest BCUT2D eigenvalue weighted by Gasteiger charge is 2.01. The minimum absolute atomic E-state index is 0.914. The molecule has 2 nitrogen and oxygen atoms in total. The van der Waals surface area contributed by atoms with Crippen molar-refractivity contribution in [2.75, 3.05) is 0 Å². The molecule has 72 valence electrons. The predicted octanol–water partition coefficient (Wildman–Crippen LogP) is 2.62. The molecular formula is C12H14N2. The zero-order chi connectivity index (χ0) is 9.97. The molecule has 0 aliphatic carbocycles. The molecule has 14 heavy (non-hydrogen) atoms. The Morgan fingerprint density at radius 1 is 1.21 bits per heavy atom. The van der Waals surface area contributed by atoms with Gasteiger partial charge in [0.05, 0.1) is 5.69 Å². The number of aryl methyl sites for hydroxylation is 2. The Bertz CT molecular complexity index is 429. The van der Waals surface area contributed by atoms with Crippen molar-refractivity contribution in [1.82, 2.24) is 10.2 Å². The molecule has 0 amide bonds. The molecule has 0 saturated carbocycles. The Morgan fingerprint density at radius 2 is 2.00 bits per heavy atom. The molecule has 1 aromatic heterocycles. The molecule has 0 spiro atoms. The summed E-state index contributed by atoms with van der Waals surface area (Å²) in [5.41, 5.74) is 4.90. The minimum Gasteiger partial charge on any atom is -0.283 e. The zero-order valence-electron chi connectivity index (χ0n) is 8.54. The molecule has 1 heterocycles. The quantitative estimate of drug-likeness (QED) is 0.767. The summed E-state index contributed by atoms with van der Waals surface area (Å²) in [7, 11) is 0. The molecule has 2 aromatic rings. The van der Waals surface area contributed by atoms with Crippen molar-refractivity contribution in [3.05, 3.63) is 52.8 Å². The van der Waals surface area contributed by atoms with Gasteiger partial charge in [-0.25, -0.2) is 0 Å². The van der Waals surface area contributed by atoms with E-state index >= 15 is 0 Å². The first-order valence-electron chi connectivity index (χ1n) is 4.81. The van der Waals surface area contributed by atoms with E-state index < -0.39 is 0 Å². The van der Waals surface area contributed by atoms with Crippen LogP contribution < -0.4 is 0 Å². The van der Waals surface area contributed by atoms with Crippen molar-refractivity contribution in [2.45, 2.75) is 20.3 Å². The van der Waals surface area contributed by atoms with Gasteiger partial charge in [0.15, 0.2) is 0 Å². The number of nitrogens with zero attached hydrogens (tertiary/aromatic N) is 1. The van der Waals surface area contributed by atoms with Crippen LogP contribution in [0.2, 0.25) is 0 Å². The van der Waals surface area contributed by atoms with Crippen molar-refractivity contribution in [2.24, 2.45) is 0 Å². The summed E-state index contributed by atoms with van der Waals surface area (Å²) < 4.78 is 0. The monoisotopic (exact) mass is 186 g/mol. The third-order valence-electron chi connectivity index (χ3n) is 2.39. The van der Waals surface area contributed by atoms with Crippen LogP contribution in [0.25, 0.3) is 0 Å². The standard InChI is InChI=1S/C12H14N2/c1-9-5-3-4-6-11(9)8-12-7-10(2)13-14-12/h3-7H,8H2,1-2H3,(H,13,14). The Hall–Kier alpha value is -1.57. The fourth-order valence-corrected chi connectivity index (χ4v) is 1.57. The summed E-state index contributed by atoms with van der Waals surface area (Å²) in [5, 5.41) is 7.19. The lowest BCUT2D eigenvalue weighted by atomic mass is 10.0. The summed E-state index contributed by atoms with van der Waals surface area (Å²) >= 11 is 0. The van der Waals surface area contributed by atoms with Crippen LogP contribution in [0.5, 0.6) is 0 Å². The third-order valence-corrected chi connectivity index (χ3v) is 2.39. The number of hydrogen-bond acceptors (Lipinski definition) is 1. The number of nitrogens with one attached hydrogen (secondary N) is 1. The van der Waals surface area contributed by atoms with Crippen LogP contribution in [0.1, 0.15) is 22.5 Å². The van der Waals surface area contributed by atoms with Gasteiger partial charge >= 0.3 is 0 Å². The largest absolute Gasteiger partial charge is 0.283 e. The second-order valence-electron chi connectivity index (χ2n) is 3.65. The average Bonchev–Trinajstić information content (AvgIpc) is 2.56. The molecule has 0 unspecified atom stereocenters. The van der Waals surface area contributed by atoms with Crippen molar-refractivity contribution in [3.8, 4) is 0 Å². The number of aromatic amines is 1. The molecule has 1 N–H and O–H groups in total. The van der Waals surface area contributed by atoms with Crippen molar-refractivity contribution in [3.63, 3.8) is 0 Å². The van der Waals surface area contributed by atoms with E-state index in [0.717, 1.165) is 17.8 Å².